The van der Waals surface area contributed by atoms with E-state index in [2.05, 4.69) is 4.74 Å². The largest absolute Gasteiger partial charge is 0.384 e. The first-order valence-electron chi connectivity index (χ1n) is 4.34. The van der Waals surface area contributed by atoms with Crippen molar-refractivity contribution in [1.82, 2.24) is 0 Å². The molecule has 0 saturated carbocycles. The van der Waals surface area contributed by atoms with Gasteiger partial charge in [-0.3, -0.25) is 0 Å². The van der Waals surface area contributed by atoms with Gasteiger partial charge in [0.15, 0.2) is 0 Å². The molecule has 0 unspecified atom stereocenters. The molecule has 0 bridgehead atoms. The third-order valence-electron chi connectivity index (χ3n) is 1.76. The first kappa shape index (κ1) is 11.8. The minimum atomic E-state index is -2.54. The average Bonchev–Trinajstić information content (AvgIpc) is 1.98. The lowest BCUT2D eigenvalue weighted by molar-refractivity contribution is -0.0379. The molecule has 1 nitrogen and oxygen atoms in total. The normalized spacial score (nSPS) is 12.5. The fourth-order valence-electron chi connectivity index (χ4n) is 0.876. The molecule has 0 aliphatic heterocycles. The van der Waals surface area contributed by atoms with Crippen LogP contribution in [-0.2, 0) is 4.74 Å². The summed E-state index contributed by atoms with van der Waals surface area (Å²) in [5.41, 5.74) is 0. The highest BCUT2D eigenvalue weighted by Crippen LogP contribution is 2.26. The Morgan fingerprint density at radius 3 is 2.25 bits per heavy atom. The highest BCUT2D eigenvalue weighted by atomic mass is 19.3. The molecule has 0 amide bonds. The van der Waals surface area contributed by atoms with Crippen molar-refractivity contribution in [2.24, 2.45) is 5.92 Å². The number of hydrogen-bond donors (Lipinski definition) is 0. The number of rotatable bonds is 6. The lowest BCUT2D eigenvalue weighted by atomic mass is 10.0. The van der Waals surface area contributed by atoms with Gasteiger partial charge in [-0.25, -0.2) is 8.78 Å². The first-order valence-corrected chi connectivity index (χ1v) is 4.34. The molecule has 0 aliphatic carbocycles. The zero-order valence-corrected chi connectivity index (χ0v) is 8.07. The maximum atomic E-state index is 12.9. The van der Waals surface area contributed by atoms with E-state index in [1.807, 2.05) is 13.8 Å². The van der Waals surface area contributed by atoms with Crippen LogP contribution in [0.3, 0.4) is 0 Å². The van der Waals surface area contributed by atoms with Crippen LogP contribution in [-0.4, -0.2) is 19.6 Å². The molecular weight excluding hydrogens is 162 g/mol. The SMILES string of the molecule is COCCC(F)(F)CCC(C)C. The summed E-state index contributed by atoms with van der Waals surface area (Å²) in [6.45, 7) is 4.05. The third kappa shape index (κ3) is 6.53. The zero-order valence-electron chi connectivity index (χ0n) is 8.07. The predicted molar refractivity (Wildman–Crippen MR) is 45.5 cm³/mol. The van der Waals surface area contributed by atoms with Gasteiger partial charge < -0.3 is 4.74 Å². The molecule has 0 aromatic carbocycles. The molecule has 0 radical (unpaired) electrons. The van der Waals surface area contributed by atoms with Gasteiger partial charge in [0.05, 0.1) is 6.61 Å². The summed E-state index contributed by atoms with van der Waals surface area (Å²) >= 11 is 0. The molecule has 0 aromatic rings. The number of methoxy groups -OCH3 is 1. The van der Waals surface area contributed by atoms with Gasteiger partial charge in [0.25, 0.3) is 0 Å². The lowest BCUT2D eigenvalue weighted by Gasteiger charge is -2.16. The summed E-state index contributed by atoms with van der Waals surface area (Å²) in [5.74, 6) is -2.20. The maximum absolute atomic E-state index is 12.9. The Labute approximate surface area is 73.1 Å². The Bertz CT molecular complexity index is 113. The van der Waals surface area contributed by atoms with Crippen LogP contribution in [0.1, 0.15) is 33.1 Å². The fraction of sp³-hybridized carbons (Fsp3) is 1.00. The van der Waals surface area contributed by atoms with E-state index in [0.717, 1.165) is 0 Å². The highest BCUT2D eigenvalue weighted by Gasteiger charge is 2.27. The molecule has 0 saturated heterocycles. The van der Waals surface area contributed by atoms with Crippen molar-refractivity contribution in [3.8, 4) is 0 Å². The second kappa shape index (κ2) is 5.46. The maximum Gasteiger partial charge on any atom is 0.250 e. The third-order valence-corrected chi connectivity index (χ3v) is 1.76. The Balaban J connectivity index is 3.56. The van der Waals surface area contributed by atoms with E-state index in [1.165, 1.54) is 7.11 Å². The second-order valence-corrected chi connectivity index (χ2v) is 3.53. The summed E-state index contributed by atoms with van der Waals surface area (Å²) in [6, 6.07) is 0. The molecule has 0 aliphatic rings. The molecule has 0 spiro atoms. The van der Waals surface area contributed by atoms with Gasteiger partial charge in [-0.1, -0.05) is 13.8 Å². The van der Waals surface area contributed by atoms with Crippen LogP contribution in [0.5, 0.6) is 0 Å². The fourth-order valence-corrected chi connectivity index (χ4v) is 0.876. The molecule has 3 heteroatoms. The van der Waals surface area contributed by atoms with E-state index in [1.54, 1.807) is 0 Å². The minimum absolute atomic E-state index is 0.0198. The molecule has 0 heterocycles. The van der Waals surface area contributed by atoms with Gasteiger partial charge in [-0.05, 0) is 12.3 Å². The minimum Gasteiger partial charge on any atom is -0.384 e. The van der Waals surface area contributed by atoms with Crippen LogP contribution in [0.25, 0.3) is 0 Å². The molecule has 0 atom stereocenters. The quantitative estimate of drug-likeness (QED) is 0.610. The van der Waals surface area contributed by atoms with Crippen LogP contribution in [0, 0.1) is 5.92 Å². The monoisotopic (exact) mass is 180 g/mol. The predicted octanol–water partition coefficient (Wildman–Crippen LogP) is 3.09. The number of hydrogen-bond acceptors (Lipinski definition) is 1. The number of halogens is 2. The van der Waals surface area contributed by atoms with E-state index >= 15 is 0 Å². The van der Waals surface area contributed by atoms with Crippen molar-refractivity contribution < 1.29 is 13.5 Å². The van der Waals surface area contributed by atoms with Crippen molar-refractivity contribution in [2.45, 2.75) is 39.0 Å². The van der Waals surface area contributed by atoms with Crippen molar-refractivity contribution in [1.29, 1.82) is 0 Å². The van der Waals surface area contributed by atoms with E-state index in [9.17, 15) is 8.78 Å². The van der Waals surface area contributed by atoms with Crippen LogP contribution < -0.4 is 0 Å². The topological polar surface area (TPSA) is 9.23 Å². The van der Waals surface area contributed by atoms with Gasteiger partial charge in [-0.2, -0.15) is 0 Å². The Morgan fingerprint density at radius 2 is 1.83 bits per heavy atom. The molecule has 0 fully saturated rings. The van der Waals surface area contributed by atoms with Crippen molar-refractivity contribution >= 4 is 0 Å². The smallest absolute Gasteiger partial charge is 0.250 e. The molecule has 0 N–H and O–H groups in total. The van der Waals surface area contributed by atoms with Crippen molar-refractivity contribution in [2.75, 3.05) is 13.7 Å². The number of ether oxygens (including phenoxy) is 1. The molecular formula is C9H18F2O. The summed E-state index contributed by atoms with van der Waals surface area (Å²) < 4.78 is 30.4. The first-order chi connectivity index (χ1) is 5.48. The summed E-state index contributed by atoms with van der Waals surface area (Å²) in [5, 5.41) is 0. The van der Waals surface area contributed by atoms with Gasteiger partial charge in [0.1, 0.15) is 0 Å². The standard InChI is InChI=1S/C9H18F2O/c1-8(2)4-5-9(10,11)6-7-12-3/h8H,4-7H2,1-3H3. The van der Waals surface area contributed by atoms with E-state index < -0.39 is 5.92 Å². The summed E-state index contributed by atoms with van der Waals surface area (Å²) in [6.07, 6.45) is 0.404. The van der Waals surface area contributed by atoms with Gasteiger partial charge >= 0.3 is 0 Å². The van der Waals surface area contributed by atoms with Crippen molar-refractivity contribution in [3.05, 3.63) is 0 Å². The Morgan fingerprint density at radius 1 is 1.25 bits per heavy atom. The van der Waals surface area contributed by atoms with Gasteiger partial charge in [-0.15, -0.1) is 0 Å². The second-order valence-electron chi connectivity index (χ2n) is 3.53. The number of alkyl halides is 2. The molecule has 0 rings (SSSR count). The Kier molecular flexibility index (Phi) is 5.38. The lowest BCUT2D eigenvalue weighted by Crippen LogP contribution is -2.19. The van der Waals surface area contributed by atoms with Crippen LogP contribution in [0.4, 0.5) is 8.78 Å². The Hall–Kier alpha value is -0.180. The van der Waals surface area contributed by atoms with Crippen LogP contribution in [0.15, 0.2) is 0 Å². The van der Waals surface area contributed by atoms with Crippen molar-refractivity contribution in [3.63, 3.8) is 0 Å². The van der Waals surface area contributed by atoms with Gasteiger partial charge in [0.2, 0.25) is 5.92 Å². The van der Waals surface area contributed by atoms with E-state index in [4.69, 9.17) is 0 Å². The molecule has 0 aromatic heterocycles. The van der Waals surface area contributed by atoms with E-state index in [-0.39, 0.29) is 19.4 Å². The van der Waals surface area contributed by atoms with E-state index in [0.29, 0.717) is 12.3 Å². The van der Waals surface area contributed by atoms with Crippen LogP contribution in [0.2, 0.25) is 0 Å². The summed E-state index contributed by atoms with van der Waals surface area (Å²) in [4.78, 5) is 0. The van der Waals surface area contributed by atoms with Gasteiger partial charge in [0, 0.05) is 20.0 Å². The highest BCUT2D eigenvalue weighted by molar-refractivity contribution is 4.66. The summed E-state index contributed by atoms with van der Waals surface area (Å²) in [7, 11) is 1.44. The molecule has 74 valence electrons. The zero-order chi connectivity index (χ0) is 9.61. The average molecular weight is 180 g/mol. The molecule has 12 heavy (non-hydrogen) atoms. The van der Waals surface area contributed by atoms with Crippen LogP contribution >= 0.6 is 0 Å².